The predicted octanol–water partition coefficient (Wildman–Crippen LogP) is 15.5. The summed E-state index contributed by atoms with van der Waals surface area (Å²) < 4.78 is 6.62. The molecule has 262 valence electrons. The largest absolute Gasteiger partial charge is 0.455 e. The molecule has 1 heterocycles. The highest BCUT2D eigenvalue weighted by molar-refractivity contribution is 6.23. The zero-order chi connectivity index (χ0) is 37.1. The summed E-state index contributed by atoms with van der Waals surface area (Å²) >= 11 is 0. The van der Waals surface area contributed by atoms with E-state index in [4.69, 9.17) is 4.42 Å². The molecule has 0 bridgehead atoms. The van der Waals surface area contributed by atoms with Gasteiger partial charge in [-0.25, -0.2) is 0 Å². The van der Waals surface area contributed by atoms with E-state index in [9.17, 15) is 0 Å². The average molecular weight is 713 g/mol. The monoisotopic (exact) mass is 712 g/mol. The van der Waals surface area contributed by atoms with Gasteiger partial charge in [0, 0.05) is 21.6 Å². The molecule has 56 heavy (non-hydrogen) atoms. The van der Waals surface area contributed by atoms with Crippen molar-refractivity contribution in [1.29, 1.82) is 0 Å². The standard InChI is InChI=1S/C55H36O/c1-55(2)48-32-37(27-28-40(48)46-30-31-49-52(53(46)55)47-29-26-35-13-4-6-16-39(35)54(47)56-49)33-22-24-36(25-23-33)50-42-17-7-9-19-44(42)51(45-20-10-8-18-43(45)50)41-21-11-14-34-12-3-5-15-38(34)41/h3-32H,1-2H3. The summed E-state index contributed by atoms with van der Waals surface area (Å²) in [7, 11) is 0. The summed E-state index contributed by atoms with van der Waals surface area (Å²) in [6.45, 7) is 4.75. The van der Waals surface area contributed by atoms with Gasteiger partial charge in [-0.15, -0.1) is 0 Å². The highest BCUT2D eigenvalue weighted by Crippen LogP contribution is 2.54. The maximum atomic E-state index is 6.62. The lowest BCUT2D eigenvalue weighted by Gasteiger charge is -2.23. The van der Waals surface area contributed by atoms with Crippen LogP contribution in [-0.4, -0.2) is 0 Å². The van der Waals surface area contributed by atoms with E-state index in [2.05, 4.69) is 196 Å². The Kier molecular flexibility index (Phi) is 6.46. The first-order valence-electron chi connectivity index (χ1n) is 19.6. The van der Waals surface area contributed by atoms with E-state index in [-0.39, 0.29) is 5.41 Å². The van der Waals surface area contributed by atoms with Gasteiger partial charge in [-0.05, 0) is 112 Å². The Morgan fingerprint density at radius 2 is 0.929 bits per heavy atom. The van der Waals surface area contributed by atoms with Crippen molar-refractivity contribution in [3.63, 3.8) is 0 Å². The molecule has 10 aromatic carbocycles. The summed E-state index contributed by atoms with van der Waals surface area (Å²) in [5.74, 6) is 0. The maximum Gasteiger partial charge on any atom is 0.143 e. The first-order chi connectivity index (χ1) is 27.5. The van der Waals surface area contributed by atoms with Crippen LogP contribution in [0.4, 0.5) is 0 Å². The normalized spacial score (nSPS) is 13.3. The first-order valence-corrected chi connectivity index (χ1v) is 19.6. The Hall–Kier alpha value is -6.96. The van der Waals surface area contributed by atoms with Crippen LogP contribution in [0.5, 0.6) is 0 Å². The van der Waals surface area contributed by atoms with Crippen LogP contribution < -0.4 is 0 Å². The lowest BCUT2D eigenvalue weighted by Crippen LogP contribution is -2.15. The van der Waals surface area contributed by atoms with Crippen LogP contribution in [0.25, 0.3) is 110 Å². The lowest BCUT2D eigenvalue weighted by molar-refractivity contribution is 0.658. The molecule has 1 aliphatic rings. The van der Waals surface area contributed by atoms with Crippen molar-refractivity contribution in [2.24, 2.45) is 0 Å². The highest BCUT2D eigenvalue weighted by Gasteiger charge is 2.38. The van der Waals surface area contributed by atoms with Crippen LogP contribution in [0.15, 0.2) is 186 Å². The van der Waals surface area contributed by atoms with Gasteiger partial charge in [0.1, 0.15) is 11.2 Å². The molecule has 0 aliphatic heterocycles. The number of hydrogen-bond donors (Lipinski definition) is 0. The van der Waals surface area contributed by atoms with E-state index in [0.717, 1.165) is 16.6 Å². The van der Waals surface area contributed by atoms with E-state index in [0.29, 0.717) is 0 Å². The number of hydrogen-bond acceptors (Lipinski definition) is 1. The highest BCUT2D eigenvalue weighted by atomic mass is 16.3. The van der Waals surface area contributed by atoms with Crippen LogP contribution in [0.3, 0.4) is 0 Å². The molecule has 1 aromatic heterocycles. The molecule has 0 saturated heterocycles. The van der Waals surface area contributed by atoms with Crippen LogP contribution in [0.1, 0.15) is 25.0 Å². The number of benzene rings is 10. The number of rotatable bonds is 3. The Morgan fingerprint density at radius 1 is 0.375 bits per heavy atom. The molecule has 0 fully saturated rings. The SMILES string of the molecule is CC1(C)c2cc(-c3ccc(-c4c5ccccc5c(-c5cccc6ccccc56)c5ccccc45)cc3)ccc2-c2ccc3oc4c5ccccc5ccc4c3c21. The van der Waals surface area contributed by atoms with Gasteiger partial charge in [0.25, 0.3) is 0 Å². The number of fused-ring (bicyclic) bond motifs is 12. The summed E-state index contributed by atoms with van der Waals surface area (Å²) in [4.78, 5) is 0. The minimum Gasteiger partial charge on any atom is -0.455 e. The summed E-state index contributed by atoms with van der Waals surface area (Å²) in [5.41, 5.74) is 14.6. The van der Waals surface area contributed by atoms with Gasteiger partial charge >= 0.3 is 0 Å². The molecule has 0 saturated carbocycles. The van der Waals surface area contributed by atoms with E-state index in [1.807, 2.05) is 0 Å². The van der Waals surface area contributed by atoms with E-state index < -0.39 is 0 Å². The average Bonchev–Trinajstić information content (AvgIpc) is 3.74. The van der Waals surface area contributed by atoms with Crippen LogP contribution in [0.2, 0.25) is 0 Å². The molecular formula is C55H36O. The summed E-state index contributed by atoms with van der Waals surface area (Å²) in [5, 5.41) is 12.4. The number of furan rings is 1. The molecule has 0 unspecified atom stereocenters. The maximum absolute atomic E-state index is 6.62. The minimum atomic E-state index is -0.202. The molecule has 0 radical (unpaired) electrons. The molecule has 0 amide bonds. The molecule has 0 N–H and O–H groups in total. The Labute approximate surface area is 325 Å². The van der Waals surface area contributed by atoms with Crippen molar-refractivity contribution >= 4 is 65.0 Å². The molecule has 1 nitrogen and oxygen atoms in total. The molecule has 1 aliphatic carbocycles. The molecular weight excluding hydrogens is 677 g/mol. The molecule has 11 aromatic rings. The van der Waals surface area contributed by atoms with Gasteiger partial charge in [-0.3, -0.25) is 0 Å². The predicted molar refractivity (Wildman–Crippen MR) is 238 cm³/mol. The van der Waals surface area contributed by atoms with Crippen LogP contribution in [0, 0.1) is 0 Å². The lowest BCUT2D eigenvalue weighted by atomic mass is 9.79. The fourth-order valence-corrected chi connectivity index (χ4v) is 10.1. The van der Waals surface area contributed by atoms with Crippen molar-refractivity contribution in [2.75, 3.05) is 0 Å². The summed E-state index contributed by atoms with van der Waals surface area (Å²) in [6.07, 6.45) is 0. The van der Waals surface area contributed by atoms with E-state index in [1.165, 1.54) is 104 Å². The Morgan fingerprint density at radius 3 is 1.64 bits per heavy atom. The van der Waals surface area contributed by atoms with Gasteiger partial charge in [-0.2, -0.15) is 0 Å². The van der Waals surface area contributed by atoms with E-state index >= 15 is 0 Å². The fraction of sp³-hybridized carbons (Fsp3) is 0.0545. The van der Waals surface area contributed by atoms with Crippen LogP contribution in [-0.2, 0) is 5.41 Å². The molecule has 12 rings (SSSR count). The van der Waals surface area contributed by atoms with E-state index in [1.54, 1.807) is 0 Å². The zero-order valence-corrected chi connectivity index (χ0v) is 31.2. The van der Waals surface area contributed by atoms with Gasteiger partial charge in [0.05, 0.1) is 0 Å². The third kappa shape index (κ3) is 4.31. The quantitative estimate of drug-likeness (QED) is 0.166. The van der Waals surface area contributed by atoms with Crippen molar-refractivity contribution < 1.29 is 4.42 Å². The summed E-state index contributed by atoms with van der Waals surface area (Å²) in [6, 6.07) is 67.0. The zero-order valence-electron chi connectivity index (χ0n) is 31.2. The third-order valence-electron chi connectivity index (χ3n) is 12.6. The van der Waals surface area contributed by atoms with Gasteiger partial charge in [0.2, 0.25) is 0 Å². The fourth-order valence-electron chi connectivity index (χ4n) is 10.1. The smallest absolute Gasteiger partial charge is 0.143 e. The van der Waals surface area contributed by atoms with Gasteiger partial charge in [0.15, 0.2) is 0 Å². The van der Waals surface area contributed by atoms with Crippen molar-refractivity contribution in [1.82, 2.24) is 0 Å². The third-order valence-corrected chi connectivity index (χ3v) is 12.6. The second-order valence-electron chi connectivity index (χ2n) is 16.0. The van der Waals surface area contributed by atoms with Crippen molar-refractivity contribution in [3.05, 3.63) is 193 Å². The Balaban J connectivity index is 0.983. The van der Waals surface area contributed by atoms with Crippen LogP contribution >= 0.6 is 0 Å². The van der Waals surface area contributed by atoms with Crippen molar-refractivity contribution in [3.8, 4) is 44.5 Å². The second kappa shape index (κ2) is 11.5. The first kappa shape index (κ1) is 31.4. The topological polar surface area (TPSA) is 13.1 Å². The van der Waals surface area contributed by atoms with Crippen molar-refractivity contribution in [2.45, 2.75) is 19.3 Å². The Bertz CT molecular complexity index is 3370. The molecule has 0 spiro atoms. The van der Waals surface area contributed by atoms with Gasteiger partial charge in [-0.1, -0.05) is 178 Å². The van der Waals surface area contributed by atoms with Gasteiger partial charge < -0.3 is 4.42 Å². The minimum absolute atomic E-state index is 0.202. The molecule has 1 heteroatoms. The molecule has 0 atom stereocenters. The second-order valence-corrected chi connectivity index (χ2v) is 16.0.